The minimum atomic E-state index is -0.442. The average Bonchev–Trinajstić information content (AvgIpc) is 1.51. The Bertz CT molecular complexity index is 5030. The summed E-state index contributed by atoms with van der Waals surface area (Å²) in [4.78, 5) is 4.40. The summed E-state index contributed by atoms with van der Waals surface area (Å²) < 4.78 is 94.2. The van der Waals surface area contributed by atoms with Crippen molar-refractivity contribution in [2.75, 3.05) is 9.80 Å². The minimum Gasteiger partial charge on any atom is -0.309 e. The number of para-hydroxylation sites is 4. The van der Waals surface area contributed by atoms with Crippen LogP contribution in [-0.4, -0.2) is 8.80 Å². The molecule has 0 unspecified atom stereocenters. The summed E-state index contributed by atoms with van der Waals surface area (Å²) in [5.41, 5.74) is 13.6. The van der Waals surface area contributed by atoms with Crippen LogP contribution in [-0.2, 0) is 10.8 Å². The van der Waals surface area contributed by atoms with Crippen molar-refractivity contribution in [3.05, 3.63) is 254 Å². The van der Waals surface area contributed by atoms with Gasteiger partial charge < -0.3 is 18.6 Å². The fourth-order valence-corrected chi connectivity index (χ4v) is 12.4. The first-order chi connectivity index (χ1) is 42.1. The molecular formula is C74H58N4. The highest BCUT2D eigenvalue weighted by molar-refractivity contribution is 6.32. The summed E-state index contributed by atoms with van der Waals surface area (Å²) in [5.74, 6) is 0. The van der Waals surface area contributed by atoms with E-state index in [-0.39, 0.29) is 46.1 Å². The SMILES string of the molecule is [2H]c1c([2H])c([2H])c(-c2ccc(C(C)(C)C)cc2N(c2ccccc2)c2ccc3c4cc5c(cc4n4c6ccccc6c2c34)c2ccc(N(c3ccccc3)c3cc(C(C)(C)C)ccc3-c3c([2H])c([2H])c([2H])c([2H])c3[2H])c3c4ccccc4n5c23)c([2H])c1[2H]. The van der Waals surface area contributed by atoms with Crippen molar-refractivity contribution < 1.29 is 13.7 Å². The largest absolute Gasteiger partial charge is 0.309 e. The van der Waals surface area contributed by atoms with Gasteiger partial charge in [-0.2, -0.15) is 0 Å². The first-order valence-corrected chi connectivity index (χ1v) is 26.6. The zero-order valence-electron chi connectivity index (χ0n) is 54.1. The average molecular weight is 1010 g/mol. The van der Waals surface area contributed by atoms with Gasteiger partial charge in [0.1, 0.15) is 0 Å². The van der Waals surface area contributed by atoms with Crippen LogP contribution in [0.25, 0.3) is 98.4 Å². The fourth-order valence-electron chi connectivity index (χ4n) is 12.4. The quantitative estimate of drug-likeness (QED) is 0.151. The molecule has 0 radical (unpaired) electrons. The summed E-state index contributed by atoms with van der Waals surface area (Å²) in [6.45, 7) is 12.9. The van der Waals surface area contributed by atoms with Crippen LogP contribution in [0, 0.1) is 0 Å². The van der Waals surface area contributed by atoms with E-state index in [9.17, 15) is 5.48 Å². The predicted molar refractivity (Wildman–Crippen MR) is 333 cm³/mol. The topological polar surface area (TPSA) is 15.3 Å². The molecule has 78 heavy (non-hydrogen) atoms. The van der Waals surface area contributed by atoms with E-state index in [1.54, 1.807) is 0 Å². The molecule has 374 valence electrons. The number of aromatic nitrogens is 2. The Morgan fingerprint density at radius 2 is 0.718 bits per heavy atom. The van der Waals surface area contributed by atoms with Gasteiger partial charge in [0.2, 0.25) is 0 Å². The Hall–Kier alpha value is -9.38. The van der Waals surface area contributed by atoms with Crippen molar-refractivity contribution in [3.63, 3.8) is 0 Å². The van der Waals surface area contributed by atoms with E-state index >= 15 is 0 Å². The van der Waals surface area contributed by atoms with Crippen LogP contribution >= 0.6 is 0 Å². The molecule has 4 heterocycles. The highest BCUT2D eigenvalue weighted by atomic mass is 15.2. The molecule has 0 fully saturated rings. The van der Waals surface area contributed by atoms with Gasteiger partial charge >= 0.3 is 0 Å². The normalized spacial score (nSPS) is 14.3. The Morgan fingerprint density at radius 3 is 1.12 bits per heavy atom. The summed E-state index contributed by atoms with van der Waals surface area (Å²) in [7, 11) is 0. The molecule has 11 aromatic carbocycles. The van der Waals surface area contributed by atoms with Gasteiger partial charge in [-0.1, -0.05) is 211 Å². The van der Waals surface area contributed by atoms with Gasteiger partial charge in [-0.3, -0.25) is 0 Å². The van der Waals surface area contributed by atoms with Crippen molar-refractivity contribution in [1.29, 1.82) is 0 Å². The van der Waals surface area contributed by atoms with E-state index in [2.05, 4.69) is 181 Å². The summed E-state index contributed by atoms with van der Waals surface area (Å²) in [5, 5.41) is 8.28. The first-order valence-electron chi connectivity index (χ1n) is 31.6. The summed E-state index contributed by atoms with van der Waals surface area (Å²) >= 11 is 0. The van der Waals surface area contributed by atoms with E-state index < -0.39 is 36.3 Å². The van der Waals surface area contributed by atoms with E-state index in [1.165, 1.54) is 0 Å². The van der Waals surface area contributed by atoms with Crippen molar-refractivity contribution >= 4 is 110 Å². The standard InChI is InChI=1S/C74H58N4/c1-73(2,3)49-35-37-53(47-23-11-7-12-24-47)65(43-49)75(51-27-15-9-16-28-51)63-41-39-55-59-45-68-60(46-67(59)77-61-33-21-19-31-57(61)69(63)71(55)77)56-40-42-64(70-58-32-20-22-34-62(58)78(68)72(56)70)76(52-29-17-10-18-30-52)66-44-50(74(4,5)6)36-38-54(66)48-25-13-8-14-26-48/h7-46H,1-6H3/i7D,8D,11D,12D,13D,14D,23D,24D,25D,26D. The zero-order chi connectivity index (χ0) is 61.3. The van der Waals surface area contributed by atoms with Crippen molar-refractivity contribution in [2.45, 2.75) is 52.4 Å². The Balaban J connectivity index is 1.02. The van der Waals surface area contributed by atoms with E-state index in [4.69, 9.17) is 8.22 Å². The number of hydrogen-bond donors (Lipinski definition) is 0. The molecule has 15 rings (SSSR count). The molecule has 0 aliphatic heterocycles. The predicted octanol–water partition coefficient (Wildman–Crippen LogP) is 20.9. The molecule has 4 aromatic heterocycles. The van der Waals surface area contributed by atoms with Gasteiger partial charge in [-0.15, -0.1) is 0 Å². The van der Waals surface area contributed by atoms with Crippen LogP contribution in [0.2, 0.25) is 0 Å². The van der Waals surface area contributed by atoms with Gasteiger partial charge in [0, 0.05) is 65.6 Å². The second-order valence-electron chi connectivity index (χ2n) is 22.6. The third-order valence-corrected chi connectivity index (χ3v) is 16.0. The summed E-state index contributed by atoms with van der Waals surface area (Å²) in [6, 6.07) is 59.1. The van der Waals surface area contributed by atoms with Crippen LogP contribution in [0.3, 0.4) is 0 Å². The molecule has 0 saturated heterocycles. The smallest absolute Gasteiger partial charge is 0.0641 e. The maximum atomic E-state index is 9.29. The lowest BCUT2D eigenvalue weighted by atomic mass is 9.85. The van der Waals surface area contributed by atoms with E-state index in [0.29, 0.717) is 22.5 Å². The maximum absolute atomic E-state index is 9.29. The number of rotatable bonds is 8. The van der Waals surface area contributed by atoms with Crippen molar-refractivity contribution in [2.24, 2.45) is 0 Å². The van der Waals surface area contributed by atoms with Crippen LogP contribution in [0.4, 0.5) is 34.1 Å². The lowest BCUT2D eigenvalue weighted by Gasteiger charge is -2.31. The third kappa shape index (κ3) is 6.85. The lowest BCUT2D eigenvalue weighted by Crippen LogP contribution is -2.15. The number of fused-ring (bicyclic) bond motifs is 12. The molecule has 0 atom stereocenters. The van der Waals surface area contributed by atoms with Gasteiger partial charge in [0.05, 0.1) is 69.6 Å². The lowest BCUT2D eigenvalue weighted by molar-refractivity contribution is 0.590. The number of hydrogen-bond acceptors (Lipinski definition) is 2. The molecule has 4 heteroatoms. The molecule has 4 nitrogen and oxygen atoms in total. The molecular weight excluding hydrogens is 945 g/mol. The van der Waals surface area contributed by atoms with E-state index in [0.717, 1.165) is 110 Å². The molecule has 0 N–H and O–H groups in total. The molecule has 0 bridgehead atoms. The molecule has 0 saturated carbocycles. The molecule has 0 aliphatic carbocycles. The van der Waals surface area contributed by atoms with Crippen molar-refractivity contribution in [1.82, 2.24) is 8.80 Å². The van der Waals surface area contributed by atoms with E-state index in [1.807, 2.05) is 60.7 Å². The zero-order valence-corrected chi connectivity index (χ0v) is 44.1. The highest BCUT2D eigenvalue weighted by Gasteiger charge is 2.30. The maximum Gasteiger partial charge on any atom is 0.0641 e. The number of nitrogens with zero attached hydrogens (tertiary/aromatic N) is 4. The Morgan fingerprint density at radius 1 is 0.333 bits per heavy atom. The van der Waals surface area contributed by atoms with Gasteiger partial charge in [-0.25, -0.2) is 0 Å². The summed E-state index contributed by atoms with van der Waals surface area (Å²) in [6.07, 6.45) is 0. The van der Waals surface area contributed by atoms with Gasteiger partial charge in [-0.05, 0) is 106 Å². The third-order valence-electron chi connectivity index (χ3n) is 16.0. The molecule has 0 amide bonds. The minimum absolute atomic E-state index is 0.128. The Kier molecular flexibility index (Phi) is 8.00. The second kappa shape index (κ2) is 17.1. The Labute approximate surface area is 469 Å². The van der Waals surface area contributed by atoms with Crippen LogP contribution in [0.15, 0.2) is 242 Å². The van der Waals surface area contributed by atoms with Gasteiger partial charge in [0.25, 0.3) is 0 Å². The van der Waals surface area contributed by atoms with Crippen molar-refractivity contribution in [3.8, 4) is 22.3 Å². The van der Waals surface area contributed by atoms with Crippen LogP contribution in [0.1, 0.15) is 66.4 Å². The second-order valence-corrected chi connectivity index (χ2v) is 22.6. The van der Waals surface area contributed by atoms with Crippen LogP contribution < -0.4 is 9.80 Å². The monoisotopic (exact) mass is 1010 g/mol. The van der Waals surface area contributed by atoms with Crippen LogP contribution in [0.5, 0.6) is 0 Å². The first kappa shape index (κ1) is 36.6. The number of anilines is 6. The molecule has 15 aromatic rings. The molecule has 0 spiro atoms. The van der Waals surface area contributed by atoms with Gasteiger partial charge in [0.15, 0.2) is 0 Å². The molecule has 0 aliphatic rings. The fraction of sp³-hybridized carbons (Fsp3) is 0.108. The number of benzene rings is 11. The highest BCUT2D eigenvalue weighted by Crippen LogP contribution is 2.53.